The topological polar surface area (TPSA) is 57.5 Å². The van der Waals surface area contributed by atoms with Gasteiger partial charge in [0.05, 0.1) is 24.0 Å². The Morgan fingerprint density at radius 1 is 1.07 bits per heavy atom. The second kappa shape index (κ2) is 3.83. The normalized spacial score (nSPS) is 41.4. The molecular weight excluding hydrogens is 259 g/mol. The van der Waals surface area contributed by atoms with E-state index < -0.39 is 0 Å². The Morgan fingerprint density at radius 3 is 1.93 bits per heavy atom. The van der Waals surface area contributed by atoms with Crippen LogP contribution in [0.3, 0.4) is 0 Å². The number of amides is 2. The number of carbonyl (C=O) groups excluding carboxylic acids is 2. The molecule has 5 heteroatoms. The molecule has 3 aliphatic rings. The van der Waals surface area contributed by atoms with Gasteiger partial charge in [-0.2, -0.15) is 0 Å². The van der Waals surface area contributed by atoms with E-state index in [9.17, 15) is 9.59 Å². The predicted molar refractivity (Wildman–Crippen MR) is 44.6 cm³/mol. The Labute approximate surface area is 107 Å². The third-order valence-corrected chi connectivity index (χ3v) is 2.69. The van der Waals surface area contributed by atoms with Gasteiger partial charge in [-0.1, -0.05) is 12.2 Å². The molecule has 0 N–H and O–H groups in total. The maximum atomic E-state index is 11.2. The van der Waals surface area contributed by atoms with E-state index in [1.165, 1.54) is 0 Å². The minimum Gasteiger partial charge on any atom is -0.595 e. The molecule has 1 radical (unpaired) electrons. The first-order valence-corrected chi connectivity index (χ1v) is 3.90. The van der Waals surface area contributed by atoms with Gasteiger partial charge in [-0.25, -0.2) is 0 Å². The molecule has 0 aliphatic carbocycles. The molecule has 0 aromatic carbocycles. The fourth-order valence-corrected chi connectivity index (χ4v) is 2.15. The number of fused-ring (bicyclic) bond motifs is 5. The molecule has 4 unspecified atom stereocenters. The summed E-state index contributed by atoms with van der Waals surface area (Å²) in [6, 6.07) is 0. The SMILES string of the molecule is O=C1[N-]C(=O)C2C3C=CC(O3)C12.[CH3-].[Y]. The van der Waals surface area contributed by atoms with Gasteiger partial charge in [0.25, 0.3) is 0 Å². The van der Waals surface area contributed by atoms with E-state index in [-0.39, 0.29) is 76.0 Å². The molecule has 0 aromatic rings. The maximum absolute atomic E-state index is 11.2. The van der Waals surface area contributed by atoms with E-state index >= 15 is 0 Å². The largest absolute Gasteiger partial charge is 0.595 e. The Morgan fingerprint density at radius 2 is 1.50 bits per heavy atom. The van der Waals surface area contributed by atoms with Crippen molar-refractivity contribution in [2.45, 2.75) is 12.2 Å². The molecule has 3 rings (SSSR count). The molecule has 2 fully saturated rings. The zero-order valence-corrected chi connectivity index (χ0v) is 10.6. The molecule has 2 amide bonds. The molecule has 2 bridgehead atoms. The van der Waals surface area contributed by atoms with Gasteiger partial charge in [0.1, 0.15) is 0 Å². The fraction of sp³-hybridized carbons (Fsp3) is 0.444. The van der Waals surface area contributed by atoms with E-state index in [1.807, 2.05) is 12.2 Å². The minimum absolute atomic E-state index is 0. The number of imide groups is 1. The second-order valence-corrected chi connectivity index (χ2v) is 3.29. The van der Waals surface area contributed by atoms with Gasteiger partial charge < -0.3 is 27.1 Å². The first kappa shape index (κ1) is 12.0. The van der Waals surface area contributed by atoms with Crippen LogP contribution in [0.15, 0.2) is 12.2 Å². The summed E-state index contributed by atoms with van der Waals surface area (Å²) in [7, 11) is 0. The van der Waals surface area contributed by atoms with Crippen molar-refractivity contribution in [3.8, 4) is 0 Å². The van der Waals surface area contributed by atoms with Crippen molar-refractivity contribution >= 4 is 11.8 Å². The fourth-order valence-electron chi connectivity index (χ4n) is 2.15. The number of carbonyl (C=O) groups is 2. The van der Waals surface area contributed by atoms with Crippen molar-refractivity contribution in [1.82, 2.24) is 0 Å². The number of hydrogen-bond acceptors (Lipinski definition) is 3. The standard InChI is InChI=1S/C8H7NO3.CH3.Y/c10-7-5-3-1-2-4(12-3)6(5)8(11)9-7;;/h1-6H,(H,9,10,11);1H3;/q;-1;/p-1. The zero-order valence-electron chi connectivity index (χ0n) is 7.71. The Hall–Kier alpha value is -0.0561. The number of rotatable bonds is 0. The van der Waals surface area contributed by atoms with Crippen LogP contribution in [-0.4, -0.2) is 24.0 Å². The van der Waals surface area contributed by atoms with Crippen LogP contribution in [0.1, 0.15) is 0 Å². The molecule has 0 aromatic heterocycles. The number of hydrogen-bond donors (Lipinski definition) is 0. The van der Waals surface area contributed by atoms with E-state index in [4.69, 9.17) is 4.74 Å². The van der Waals surface area contributed by atoms with Crippen LogP contribution in [0.2, 0.25) is 0 Å². The van der Waals surface area contributed by atoms with Crippen LogP contribution in [0.25, 0.3) is 5.32 Å². The summed E-state index contributed by atoms with van der Waals surface area (Å²) in [6.07, 6.45) is 3.31. The first-order chi connectivity index (χ1) is 5.77. The van der Waals surface area contributed by atoms with Crippen LogP contribution < -0.4 is 0 Å². The van der Waals surface area contributed by atoms with Crippen molar-refractivity contribution in [3.63, 3.8) is 0 Å². The van der Waals surface area contributed by atoms with Crippen molar-refractivity contribution in [2.24, 2.45) is 11.8 Å². The quantitative estimate of drug-likeness (QED) is 0.364. The summed E-state index contributed by atoms with van der Waals surface area (Å²) in [4.78, 5) is 22.3. The second-order valence-electron chi connectivity index (χ2n) is 3.29. The van der Waals surface area contributed by atoms with Crippen molar-refractivity contribution in [3.05, 3.63) is 24.9 Å². The Kier molecular flexibility index (Phi) is 3.29. The van der Waals surface area contributed by atoms with Gasteiger partial charge in [-0.3, -0.25) is 0 Å². The summed E-state index contributed by atoms with van der Waals surface area (Å²) in [5.41, 5.74) is 0. The van der Waals surface area contributed by atoms with Gasteiger partial charge in [-0.15, -0.1) is 0 Å². The van der Waals surface area contributed by atoms with Crippen LogP contribution in [-0.2, 0) is 47.0 Å². The van der Waals surface area contributed by atoms with E-state index in [0.29, 0.717) is 0 Å². The third kappa shape index (κ3) is 1.32. The van der Waals surface area contributed by atoms with Crippen molar-refractivity contribution in [2.75, 3.05) is 0 Å². The van der Waals surface area contributed by atoms with Crippen LogP contribution in [0.5, 0.6) is 0 Å². The van der Waals surface area contributed by atoms with E-state index in [1.54, 1.807) is 0 Å². The van der Waals surface area contributed by atoms with Crippen LogP contribution in [0, 0.1) is 19.3 Å². The van der Waals surface area contributed by atoms with Crippen LogP contribution in [0.4, 0.5) is 0 Å². The molecule has 14 heavy (non-hydrogen) atoms. The van der Waals surface area contributed by atoms with Gasteiger partial charge in [0.2, 0.25) is 0 Å². The molecule has 0 spiro atoms. The van der Waals surface area contributed by atoms with Crippen LogP contribution >= 0.6 is 0 Å². The molecule has 3 heterocycles. The summed E-state index contributed by atoms with van der Waals surface area (Å²) in [5.74, 6) is -1.23. The smallest absolute Gasteiger partial charge is 0.0854 e. The first-order valence-electron chi connectivity index (χ1n) is 3.90. The molecule has 4 atom stereocenters. The third-order valence-electron chi connectivity index (χ3n) is 2.69. The average molecular weight is 268 g/mol. The van der Waals surface area contributed by atoms with E-state index in [0.717, 1.165) is 0 Å². The van der Waals surface area contributed by atoms with Gasteiger partial charge >= 0.3 is 0 Å². The maximum Gasteiger partial charge on any atom is 0.0854 e. The number of nitrogens with zero attached hydrogens (tertiary/aromatic N) is 1. The predicted octanol–water partition coefficient (Wildman–Crippen LogP) is 0.444. The van der Waals surface area contributed by atoms with Gasteiger partial charge in [0.15, 0.2) is 0 Å². The number of ether oxygens (including phenoxy) is 1. The molecule has 0 saturated carbocycles. The van der Waals surface area contributed by atoms with E-state index in [2.05, 4.69) is 5.32 Å². The van der Waals surface area contributed by atoms with Crippen molar-refractivity contribution < 1.29 is 47.0 Å². The summed E-state index contributed by atoms with van der Waals surface area (Å²) >= 11 is 0. The average Bonchev–Trinajstić information content (AvgIpc) is 2.64. The summed E-state index contributed by atoms with van der Waals surface area (Å²) in [5, 5.41) is 3.42. The molecule has 3 aliphatic heterocycles. The monoisotopic (exact) mass is 268 g/mol. The Bertz CT molecular complexity index is 287. The zero-order chi connectivity index (χ0) is 8.29. The Balaban J connectivity index is 0.000000490. The summed E-state index contributed by atoms with van der Waals surface area (Å²) < 4.78 is 5.37. The molecule has 73 valence electrons. The molecule has 4 nitrogen and oxygen atoms in total. The molecular formula is C9H9NO3Y-2. The van der Waals surface area contributed by atoms with Gasteiger partial charge in [0, 0.05) is 44.5 Å². The summed E-state index contributed by atoms with van der Waals surface area (Å²) in [6.45, 7) is 0. The van der Waals surface area contributed by atoms with Crippen molar-refractivity contribution in [1.29, 1.82) is 0 Å². The van der Waals surface area contributed by atoms with Gasteiger partial charge in [-0.05, 0) is 0 Å². The molecule has 2 saturated heterocycles. The minimum atomic E-state index is -0.313.